The molecule has 0 fully saturated rings. The van der Waals surface area contributed by atoms with Gasteiger partial charge in [0.1, 0.15) is 11.5 Å². The summed E-state index contributed by atoms with van der Waals surface area (Å²) in [6.45, 7) is 4.74. The summed E-state index contributed by atoms with van der Waals surface area (Å²) in [4.78, 5) is 25.3. The molecule has 5 heteroatoms. The van der Waals surface area contributed by atoms with E-state index in [4.69, 9.17) is 0 Å². The summed E-state index contributed by atoms with van der Waals surface area (Å²) < 4.78 is 0. The van der Waals surface area contributed by atoms with Crippen LogP contribution in [0.1, 0.15) is 31.0 Å². The summed E-state index contributed by atoms with van der Waals surface area (Å²) in [6, 6.07) is 1.43. The Morgan fingerprint density at radius 2 is 2.20 bits per heavy atom. The van der Waals surface area contributed by atoms with Crippen LogP contribution >= 0.6 is 0 Å². The van der Waals surface area contributed by atoms with Gasteiger partial charge >= 0.3 is 0 Å². The summed E-state index contributed by atoms with van der Waals surface area (Å²) in [5.41, 5.74) is 0.858. The maximum absolute atomic E-state index is 11.1. The first-order valence-corrected chi connectivity index (χ1v) is 4.55. The first-order chi connectivity index (χ1) is 6.93. The van der Waals surface area contributed by atoms with Crippen LogP contribution in [0.2, 0.25) is 0 Å². The van der Waals surface area contributed by atoms with Gasteiger partial charge in [-0.1, -0.05) is 0 Å². The number of ketones is 1. The van der Waals surface area contributed by atoms with Crippen LogP contribution in [0.5, 0.6) is 0 Å². The number of pyridine rings is 1. The molecule has 0 radical (unpaired) electrons. The quantitative estimate of drug-likeness (QED) is 0.562. The fraction of sp³-hybridized carbons (Fsp3) is 0.400. The van der Waals surface area contributed by atoms with E-state index in [1.165, 1.54) is 19.2 Å². The lowest BCUT2D eigenvalue weighted by atomic mass is 10.0. The van der Waals surface area contributed by atoms with Gasteiger partial charge in [-0.15, -0.1) is 0 Å². The molecule has 0 saturated carbocycles. The van der Waals surface area contributed by atoms with Crippen molar-refractivity contribution in [1.82, 2.24) is 4.98 Å². The molecule has 1 unspecified atom stereocenters. The summed E-state index contributed by atoms with van der Waals surface area (Å²) in [6.07, 6.45) is 1.53. The Balaban J connectivity index is 3.28. The summed E-state index contributed by atoms with van der Waals surface area (Å²) in [5, 5.41) is 10.8. The molecule has 0 amide bonds. The van der Waals surface area contributed by atoms with E-state index < -0.39 is 10.8 Å². The lowest BCUT2D eigenvalue weighted by molar-refractivity contribution is -0.386. The average Bonchev–Trinajstić information content (AvgIpc) is 2.16. The Morgan fingerprint density at radius 1 is 1.60 bits per heavy atom. The standard InChI is InChI=1S/C10H12N2O3/c1-6-4-9(12(14)15)10(11-5-6)7(2)8(3)13/h4-5,7H,1-3H3. The third kappa shape index (κ3) is 2.37. The van der Waals surface area contributed by atoms with Gasteiger partial charge in [0.15, 0.2) is 0 Å². The summed E-state index contributed by atoms with van der Waals surface area (Å²) >= 11 is 0. The summed E-state index contributed by atoms with van der Waals surface area (Å²) in [7, 11) is 0. The van der Waals surface area contributed by atoms with E-state index in [0.29, 0.717) is 5.56 Å². The van der Waals surface area contributed by atoms with Crippen molar-refractivity contribution < 1.29 is 9.72 Å². The number of nitrogens with zero attached hydrogens (tertiary/aromatic N) is 2. The number of Topliss-reactive ketones (excluding diaryl/α,β-unsaturated/α-hetero) is 1. The van der Waals surface area contributed by atoms with E-state index >= 15 is 0 Å². The normalized spacial score (nSPS) is 12.2. The third-order valence-electron chi connectivity index (χ3n) is 2.25. The highest BCUT2D eigenvalue weighted by molar-refractivity contribution is 5.83. The maximum Gasteiger partial charge on any atom is 0.291 e. The lowest BCUT2D eigenvalue weighted by Gasteiger charge is -2.07. The Labute approximate surface area is 87.3 Å². The van der Waals surface area contributed by atoms with Crippen molar-refractivity contribution in [2.75, 3.05) is 0 Å². The third-order valence-corrected chi connectivity index (χ3v) is 2.25. The number of aryl methyl sites for hydroxylation is 1. The van der Waals surface area contributed by atoms with Crippen molar-refractivity contribution in [3.8, 4) is 0 Å². The van der Waals surface area contributed by atoms with Crippen LogP contribution in [0.4, 0.5) is 5.69 Å². The molecule has 0 N–H and O–H groups in total. The summed E-state index contributed by atoms with van der Waals surface area (Å²) in [5.74, 6) is -0.666. The molecule has 0 saturated heterocycles. The van der Waals surface area contributed by atoms with Gasteiger partial charge in [0.25, 0.3) is 5.69 Å². The highest BCUT2D eigenvalue weighted by atomic mass is 16.6. The molecule has 15 heavy (non-hydrogen) atoms. The highest BCUT2D eigenvalue weighted by Crippen LogP contribution is 2.25. The molecule has 1 rings (SSSR count). The molecule has 1 aromatic heterocycles. The minimum atomic E-state index is -0.536. The molecule has 1 aromatic rings. The number of nitro groups is 1. The van der Waals surface area contributed by atoms with Crippen molar-refractivity contribution in [2.45, 2.75) is 26.7 Å². The van der Waals surface area contributed by atoms with Gasteiger partial charge in [0.05, 0.1) is 10.8 Å². The molecular weight excluding hydrogens is 196 g/mol. The highest BCUT2D eigenvalue weighted by Gasteiger charge is 2.23. The second kappa shape index (κ2) is 4.16. The van der Waals surface area contributed by atoms with Crippen LogP contribution in [0, 0.1) is 17.0 Å². The number of rotatable bonds is 3. The molecule has 0 bridgehead atoms. The molecule has 1 atom stereocenters. The van der Waals surface area contributed by atoms with Gasteiger partial charge in [-0.05, 0) is 26.3 Å². The zero-order chi connectivity index (χ0) is 11.6. The molecule has 5 nitrogen and oxygen atoms in total. The number of hydrogen-bond donors (Lipinski definition) is 0. The largest absolute Gasteiger partial charge is 0.299 e. The predicted molar refractivity (Wildman–Crippen MR) is 54.7 cm³/mol. The van der Waals surface area contributed by atoms with Gasteiger partial charge in [0.2, 0.25) is 0 Å². The van der Waals surface area contributed by atoms with Crippen LogP contribution < -0.4 is 0 Å². The fourth-order valence-corrected chi connectivity index (χ4v) is 1.24. The Kier molecular flexibility index (Phi) is 3.14. The van der Waals surface area contributed by atoms with Crippen molar-refractivity contribution in [1.29, 1.82) is 0 Å². The SMILES string of the molecule is CC(=O)C(C)c1ncc(C)cc1[N+](=O)[O-]. The Hall–Kier alpha value is -1.78. The number of carbonyl (C=O) groups excluding carboxylic acids is 1. The van der Waals surface area contributed by atoms with Crippen LogP contribution in [0.15, 0.2) is 12.3 Å². The first-order valence-electron chi connectivity index (χ1n) is 4.55. The second-order valence-electron chi connectivity index (χ2n) is 3.51. The molecule has 0 spiro atoms. The van der Waals surface area contributed by atoms with Gasteiger partial charge in [-0.25, -0.2) is 0 Å². The van der Waals surface area contributed by atoms with Gasteiger partial charge in [0, 0.05) is 12.3 Å². The van der Waals surface area contributed by atoms with Crippen LogP contribution in [0.3, 0.4) is 0 Å². The lowest BCUT2D eigenvalue weighted by Crippen LogP contribution is -2.09. The first kappa shape index (κ1) is 11.3. The van der Waals surface area contributed by atoms with Crippen molar-refractivity contribution in [2.24, 2.45) is 0 Å². The van der Waals surface area contributed by atoms with E-state index in [2.05, 4.69) is 4.98 Å². The van der Waals surface area contributed by atoms with E-state index in [-0.39, 0.29) is 17.2 Å². The molecule has 0 aliphatic carbocycles. The monoisotopic (exact) mass is 208 g/mol. The van der Waals surface area contributed by atoms with Gasteiger partial charge in [-0.2, -0.15) is 0 Å². The minimum absolute atomic E-state index is 0.0855. The zero-order valence-corrected chi connectivity index (χ0v) is 8.85. The fourth-order valence-electron chi connectivity index (χ4n) is 1.24. The average molecular weight is 208 g/mol. The molecular formula is C10H12N2O3. The van der Waals surface area contributed by atoms with Crippen molar-refractivity contribution in [3.05, 3.63) is 33.6 Å². The Bertz CT molecular complexity index is 415. The smallest absolute Gasteiger partial charge is 0.291 e. The maximum atomic E-state index is 11.1. The van der Waals surface area contributed by atoms with Crippen LogP contribution in [0.25, 0.3) is 0 Å². The van der Waals surface area contributed by atoms with Gasteiger partial charge < -0.3 is 0 Å². The topological polar surface area (TPSA) is 73.1 Å². The molecule has 0 aromatic carbocycles. The molecule has 1 heterocycles. The predicted octanol–water partition coefficient (Wildman–Crippen LogP) is 1.99. The molecule has 0 aliphatic rings. The van der Waals surface area contributed by atoms with Crippen LogP contribution in [-0.2, 0) is 4.79 Å². The van der Waals surface area contributed by atoms with E-state index in [1.54, 1.807) is 13.8 Å². The van der Waals surface area contributed by atoms with E-state index in [9.17, 15) is 14.9 Å². The minimum Gasteiger partial charge on any atom is -0.299 e. The van der Waals surface area contributed by atoms with E-state index in [0.717, 1.165) is 0 Å². The Morgan fingerprint density at radius 3 is 2.67 bits per heavy atom. The van der Waals surface area contributed by atoms with Crippen LogP contribution in [-0.4, -0.2) is 15.7 Å². The van der Waals surface area contributed by atoms with Crippen molar-refractivity contribution >= 4 is 11.5 Å². The molecule has 0 aliphatic heterocycles. The molecule has 80 valence electrons. The number of hydrogen-bond acceptors (Lipinski definition) is 4. The van der Waals surface area contributed by atoms with E-state index in [1.807, 2.05) is 0 Å². The zero-order valence-electron chi connectivity index (χ0n) is 8.85. The van der Waals surface area contributed by atoms with Gasteiger partial charge in [-0.3, -0.25) is 19.9 Å². The van der Waals surface area contributed by atoms with Crippen molar-refractivity contribution in [3.63, 3.8) is 0 Å². The second-order valence-corrected chi connectivity index (χ2v) is 3.51. The number of aromatic nitrogens is 1. The number of carbonyl (C=O) groups is 1.